The summed E-state index contributed by atoms with van der Waals surface area (Å²) in [6.45, 7) is 6.71. The van der Waals surface area contributed by atoms with E-state index in [0.717, 1.165) is 0 Å². The van der Waals surface area contributed by atoms with Crippen LogP contribution in [0, 0.1) is 0 Å². The van der Waals surface area contributed by atoms with Crippen molar-refractivity contribution < 1.29 is 17.9 Å². The van der Waals surface area contributed by atoms with Crippen molar-refractivity contribution in [2.24, 2.45) is 0 Å². The minimum Gasteiger partial charge on any atom is -0.377 e. The van der Waals surface area contributed by atoms with Crippen LogP contribution in [0.1, 0.15) is 33.6 Å². The minimum absolute atomic E-state index is 0.0372. The fourth-order valence-electron chi connectivity index (χ4n) is 1.02. The molecule has 0 saturated heterocycles. The molecule has 0 aliphatic carbocycles. The largest absolute Gasteiger partial charge is 0.389 e. The molecular weight excluding hydrogens is 207 g/mol. The van der Waals surface area contributed by atoms with Crippen LogP contribution in [0.15, 0.2) is 0 Å². The summed E-state index contributed by atoms with van der Waals surface area (Å²) in [5.41, 5.74) is 0. The molecule has 1 unspecified atom stereocenters. The van der Waals surface area contributed by atoms with Crippen LogP contribution in [-0.2, 0) is 4.74 Å². The standard InChI is InChI=1S/C10H20F3NO/c1-8(2)14-7-9(3)15-6-4-5-10(11,12)13/h8-9,14H,4-7H2,1-3H3. The predicted molar refractivity (Wildman–Crippen MR) is 53.8 cm³/mol. The number of rotatable bonds is 7. The first-order valence-corrected chi connectivity index (χ1v) is 5.23. The van der Waals surface area contributed by atoms with Crippen LogP contribution >= 0.6 is 0 Å². The molecule has 0 aromatic heterocycles. The van der Waals surface area contributed by atoms with Crippen molar-refractivity contribution in [2.45, 2.75) is 51.9 Å². The molecule has 0 saturated carbocycles. The molecule has 0 rings (SSSR count). The van der Waals surface area contributed by atoms with Gasteiger partial charge in [-0.3, -0.25) is 0 Å². The van der Waals surface area contributed by atoms with E-state index < -0.39 is 12.6 Å². The van der Waals surface area contributed by atoms with E-state index in [4.69, 9.17) is 4.74 Å². The molecule has 2 nitrogen and oxygen atoms in total. The van der Waals surface area contributed by atoms with Crippen molar-refractivity contribution in [3.63, 3.8) is 0 Å². The summed E-state index contributed by atoms with van der Waals surface area (Å²) in [6.07, 6.45) is -4.84. The van der Waals surface area contributed by atoms with E-state index in [1.54, 1.807) is 0 Å². The van der Waals surface area contributed by atoms with Gasteiger partial charge in [0.2, 0.25) is 0 Å². The van der Waals surface area contributed by atoms with E-state index >= 15 is 0 Å². The fourth-order valence-corrected chi connectivity index (χ4v) is 1.02. The summed E-state index contributed by atoms with van der Waals surface area (Å²) in [7, 11) is 0. The van der Waals surface area contributed by atoms with Gasteiger partial charge in [0.25, 0.3) is 0 Å². The van der Waals surface area contributed by atoms with Gasteiger partial charge in [0.05, 0.1) is 6.10 Å². The Labute approximate surface area is 89.2 Å². The van der Waals surface area contributed by atoms with Crippen molar-refractivity contribution >= 4 is 0 Å². The van der Waals surface area contributed by atoms with Gasteiger partial charge >= 0.3 is 6.18 Å². The Morgan fingerprint density at radius 3 is 2.27 bits per heavy atom. The van der Waals surface area contributed by atoms with Crippen molar-refractivity contribution in [3.8, 4) is 0 Å². The molecule has 0 aromatic rings. The van der Waals surface area contributed by atoms with Crippen molar-refractivity contribution in [2.75, 3.05) is 13.2 Å². The van der Waals surface area contributed by atoms with Crippen LogP contribution in [0.4, 0.5) is 13.2 Å². The molecular formula is C10H20F3NO. The van der Waals surface area contributed by atoms with Crippen LogP contribution in [0.5, 0.6) is 0 Å². The number of ether oxygens (including phenoxy) is 1. The Morgan fingerprint density at radius 1 is 1.20 bits per heavy atom. The summed E-state index contributed by atoms with van der Waals surface area (Å²) in [5.74, 6) is 0. The maximum absolute atomic E-state index is 11.8. The van der Waals surface area contributed by atoms with Crippen LogP contribution in [0.2, 0.25) is 0 Å². The van der Waals surface area contributed by atoms with Gasteiger partial charge in [-0.25, -0.2) is 0 Å². The van der Waals surface area contributed by atoms with Crippen LogP contribution in [0.25, 0.3) is 0 Å². The van der Waals surface area contributed by atoms with E-state index in [9.17, 15) is 13.2 Å². The molecule has 0 heterocycles. The van der Waals surface area contributed by atoms with Gasteiger partial charge in [-0.2, -0.15) is 13.2 Å². The Bertz CT molecular complexity index is 159. The highest BCUT2D eigenvalue weighted by molar-refractivity contribution is 4.59. The molecule has 0 bridgehead atoms. The quantitative estimate of drug-likeness (QED) is 0.675. The van der Waals surface area contributed by atoms with Crippen molar-refractivity contribution in [1.82, 2.24) is 5.32 Å². The molecule has 0 aliphatic heterocycles. The smallest absolute Gasteiger partial charge is 0.377 e. The number of hydrogen-bond donors (Lipinski definition) is 1. The molecule has 15 heavy (non-hydrogen) atoms. The SMILES string of the molecule is CC(C)NCC(C)OCCCC(F)(F)F. The second-order valence-electron chi connectivity index (χ2n) is 3.96. The molecule has 0 aromatic carbocycles. The molecule has 1 atom stereocenters. The van der Waals surface area contributed by atoms with E-state index in [1.165, 1.54) is 0 Å². The number of halogens is 3. The van der Waals surface area contributed by atoms with E-state index in [-0.39, 0.29) is 19.1 Å². The highest BCUT2D eigenvalue weighted by Crippen LogP contribution is 2.21. The normalized spacial score (nSPS) is 14.6. The third-order valence-corrected chi connectivity index (χ3v) is 1.82. The molecule has 0 aliphatic rings. The molecule has 0 amide bonds. The zero-order valence-corrected chi connectivity index (χ0v) is 9.53. The molecule has 0 fully saturated rings. The van der Waals surface area contributed by atoms with Crippen LogP contribution < -0.4 is 5.32 Å². The summed E-state index contributed by atoms with van der Waals surface area (Å²) < 4.78 is 40.5. The first-order valence-electron chi connectivity index (χ1n) is 5.23. The van der Waals surface area contributed by atoms with Crippen molar-refractivity contribution in [1.29, 1.82) is 0 Å². The van der Waals surface area contributed by atoms with E-state index in [0.29, 0.717) is 12.6 Å². The summed E-state index contributed by atoms with van der Waals surface area (Å²) in [5, 5.41) is 3.16. The molecule has 0 spiro atoms. The fraction of sp³-hybridized carbons (Fsp3) is 1.00. The number of hydrogen-bond acceptors (Lipinski definition) is 2. The third-order valence-electron chi connectivity index (χ3n) is 1.82. The average molecular weight is 227 g/mol. The van der Waals surface area contributed by atoms with Crippen LogP contribution in [0.3, 0.4) is 0 Å². The third kappa shape index (κ3) is 11.6. The monoisotopic (exact) mass is 227 g/mol. The lowest BCUT2D eigenvalue weighted by Crippen LogP contribution is -2.32. The lowest BCUT2D eigenvalue weighted by molar-refractivity contribution is -0.138. The van der Waals surface area contributed by atoms with Crippen molar-refractivity contribution in [3.05, 3.63) is 0 Å². The Kier molecular flexibility index (Phi) is 6.92. The van der Waals surface area contributed by atoms with E-state index in [1.807, 2.05) is 20.8 Å². The second kappa shape index (κ2) is 7.06. The zero-order chi connectivity index (χ0) is 11.9. The van der Waals surface area contributed by atoms with Gasteiger partial charge in [-0.05, 0) is 13.3 Å². The van der Waals surface area contributed by atoms with Gasteiger partial charge in [-0.1, -0.05) is 13.8 Å². The summed E-state index contributed by atoms with van der Waals surface area (Å²) in [6, 6.07) is 0.367. The Morgan fingerprint density at radius 2 is 1.80 bits per heavy atom. The lowest BCUT2D eigenvalue weighted by Gasteiger charge is -2.16. The van der Waals surface area contributed by atoms with Gasteiger partial charge in [0, 0.05) is 25.6 Å². The van der Waals surface area contributed by atoms with Gasteiger partial charge in [-0.15, -0.1) is 0 Å². The Hall–Kier alpha value is -0.290. The highest BCUT2D eigenvalue weighted by atomic mass is 19.4. The average Bonchev–Trinajstić information content (AvgIpc) is 2.07. The second-order valence-corrected chi connectivity index (χ2v) is 3.96. The number of nitrogens with one attached hydrogen (secondary N) is 1. The first-order chi connectivity index (χ1) is 6.81. The lowest BCUT2D eigenvalue weighted by atomic mass is 10.3. The Balaban J connectivity index is 3.35. The van der Waals surface area contributed by atoms with Gasteiger partial charge < -0.3 is 10.1 Å². The summed E-state index contributed by atoms with van der Waals surface area (Å²) in [4.78, 5) is 0. The maximum atomic E-state index is 11.8. The summed E-state index contributed by atoms with van der Waals surface area (Å²) >= 11 is 0. The number of alkyl halides is 3. The molecule has 5 heteroatoms. The predicted octanol–water partition coefficient (Wildman–Crippen LogP) is 2.73. The minimum atomic E-state index is -4.07. The van der Waals surface area contributed by atoms with Crippen LogP contribution in [-0.4, -0.2) is 31.5 Å². The zero-order valence-electron chi connectivity index (χ0n) is 9.53. The van der Waals surface area contributed by atoms with Gasteiger partial charge in [0.15, 0.2) is 0 Å². The van der Waals surface area contributed by atoms with E-state index in [2.05, 4.69) is 5.32 Å². The first kappa shape index (κ1) is 14.7. The maximum Gasteiger partial charge on any atom is 0.389 e. The topological polar surface area (TPSA) is 21.3 Å². The molecule has 0 radical (unpaired) electrons. The molecule has 92 valence electrons. The highest BCUT2D eigenvalue weighted by Gasteiger charge is 2.26. The molecule has 1 N–H and O–H groups in total. The van der Waals surface area contributed by atoms with Gasteiger partial charge in [0.1, 0.15) is 0 Å².